The molecule has 0 saturated carbocycles. The Morgan fingerprint density at radius 1 is 1.07 bits per heavy atom. The third-order valence-corrected chi connectivity index (χ3v) is 7.05. The second-order valence-electron chi connectivity index (χ2n) is 9.58. The molecule has 0 aliphatic carbocycles. The second kappa shape index (κ2) is 9.85. The summed E-state index contributed by atoms with van der Waals surface area (Å²) in [4.78, 5) is 27.6. The minimum absolute atomic E-state index is 0.302. The van der Waals surface area contributed by atoms with Crippen molar-refractivity contribution < 1.29 is 13.6 Å². The zero-order chi connectivity index (χ0) is 28.0. The summed E-state index contributed by atoms with van der Waals surface area (Å²) in [7, 11) is 3.56. The van der Waals surface area contributed by atoms with Crippen molar-refractivity contribution in [2.45, 2.75) is 6.92 Å². The van der Waals surface area contributed by atoms with Gasteiger partial charge in [-0.25, -0.2) is 14.4 Å². The summed E-state index contributed by atoms with van der Waals surface area (Å²) in [6.07, 6.45) is 1.70. The van der Waals surface area contributed by atoms with Gasteiger partial charge in [-0.1, -0.05) is 0 Å². The van der Waals surface area contributed by atoms with E-state index < -0.39 is 0 Å². The molecule has 6 rings (SSSR count). The van der Waals surface area contributed by atoms with E-state index in [4.69, 9.17) is 10.2 Å². The van der Waals surface area contributed by atoms with Gasteiger partial charge in [-0.15, -0.1) is 0 Å². The molecule has 0 aliphatic rings. The first-order valence-electron chi connectivity index (χ1n) is 12.9. The van der Waals surface area contributed by atoms with Crippen LogP contribution >= 0.6 is 0 Å². The van der Waals surface area contributed by atoms with Crippen LogP contribution in [0.3, 0.4) is 0 Å². The van der Waals surface area contributed by atoms with E-state index >= 15 is 0 Å². The minimum Gasteiger partial charge on any atom is -0.455 e. The minimum atomic E-state index is -0.367. The molecule has 0 saturated heterocycles. The van der Waals surface area contributed by atoms with Crippen molar-refractivity contribution in [1.82, 2.24) is 20.3 Å². The molecule has 40 heavy (non-hydrogen) atoms. The molecule has 200 valence electrons. The molecule has 0 aliphatic heterocycles. The highest BCUT2D eigenvalue weighted by Gasteiger charge is 2.24. The predicted octanol–water partition coefficient (Wildman–Crippen LogP) is 6.24. The molecular weight excluding hydrogens is 507 g/mol. The van der Waals surface area contributed by atoms with Crippen LogP contribution in [0.2, 0.25) is 0 Å². The number of pyridine rings is 1. The standard InChI is InChI=1S/C31H27FN6O2/c1-4-38(3)25-16-26-23(27(31(39)34-2)28(40-26)17-7-9-20(32)10-8-17)15-22(25)18-12-19(14-21(33)13-18)29-36-24-6-5-11-35-30(24)37-29/h5-16H,4,33H2,1-3H3,(H,34,39)(H,35,36,37). The number of carbonyl (C=O) groups is 1. The number of fused-ring (bicyclic) bond motifs is 2. The number of aromatic nitrogens is 3. The molecule has 0 atom stereocenters. The number of hydrogen-bond donors (Lipinski definition) is 3. The van der Waals surface area contributed by atoms with E-state index in [1.807, 2.05) is 49.5 Å². The fourth-order valence-corrected chi connectivity index (χ4v) is 4.93. The molecule has 0 fully saturated rings. The van der Waals surface area contributed by atoms with E-state index in [2.05, 4.69) is 32.1 Å². The second-order valence-corrected chi connectivity index (χ2v) is 9.58. The summed E-state index contributed by atoms with van der Waals surface area (Å²) in [5, 5.41) is 3.36. The molecule has 8 nitrogen and oxygen atoms in total. The Bertz CT molecular complexity index is 1860. The van der Waals surface area contributed by atoms with Crippen molar-refractivity contribution in [2.24, 2.45) is 0 Å². The van der Waals surface area contributed by atoms with Gasteiger partial charge in [0.25, 0.3) is 5.91 Å². The number of furan rings is 1. The summed E-state index contributed by atoms with van der Waals surface area (Å²) in [6.45, 7) is 2.79. The zero-order valence-electron chi connectivity index (χ0n) is 22.2. The summed E-state index contributed by atoms with van der Waals surface area (Å²) in [5.41, 5.74) is 13.4. The lowest BCUT2D eigenvalue weighted by atomic mass is 9.96. The summed E-state index contributed by atoms with van der Waals surface area (Å²) < 4.78 is 19.9. The Balaban J connectivity index is 1.59. The number of nitrogen functional groups attached to an aromatic ring is 1. The highest BCUT2D eigenvalue weighted by atomic mass is 19.1. The maximum absolute atomic E-state index is 13.7. The monoisotopic (exact) mass is 534 g/mol. The van der Waals surface area contributed by atoms with Crippen molar-refractivity contribution in [3.8, 4) is 33.8 Å². The van der Waals surface area contributed by atoms with Crippen LogP contribution < -0.4 is 16.0 Å². The maximum Gasteiger partial charge on any atom is 0.255 e. The van der Waals surface area contributed by atoms with Crippen LogP contribution in [0.15, 0.2) is 77.3 Å². The van der Waals surface area contributed by atoms with Gasteiger partial charge in [-0.2, -0.15) is 0 Å². The first-order valence-corrected chi connectivity index (χ1v) is 12.9. The van der Waals surface area contributed by atoms with Crippen LogP contribution in [0, 0.1) is 5.82 Å². The Labute approximate surface area is 229 Å². The summed E-state index contributed by atoms with van der Waals surface area (Å²) >= 11 is 0. The van der Waals surface area contributed by atoms with Crippen molar-refractivity contribution in [3.05, 3.63) is 84.3 Å². The number of carbonyl (C=O) groups excluding carboxylic acids is 1. The van der Waals surface area contributed by atoms with Crippen LogP contribution in [-0.2, 0) is 0 Å². The summed E-state index contributed by atoms with van der Waals surface area (Å²) in [5.74, 6) is 0.359. The molecular formula is C31H27FN6O2. The van der Waals surface area contributed by atoms with Gasteiger partial charge in [0, 0.05) is 66.4 Å². The average molecular weight is 535 g/mol. The predicted molar refractivity (Wildman–Crippen MR) is 157 cm³/mol. The number of hydrogen-bond acceptors (Lipinski definition) is 6. The summed E-state index contributed by atoms with van der Waals surface area (Å²) in [6, 6.07) is 19.3. The van der Waals surface area contributed by atoms with E-state index in [1.54, 1.807) is 25.4 Å². The molecule has 6 aromatic rings. The third-order valence-electron chi connectivity index (χ3n) is 7.05. The van der Waals surface area contributed by atoms with Gasteiger partial charge in [0.15, 0.2) is 5.65 Å². The van der Waals surface area contributed by atoms with E-state index in [0.717, 1.165) is 34.4 Å². The first kappa shape index (κ1) is 25.1. The van der Waals surface area contributed by atoms with E-state index in [-0.39, 0.29) is 11.7 Å². The molecule has 0 unspecified atom stereocenters. The molecule has 4 N–H and O–H groups in total. The number of halogens is 1. The number of H-pyrrole nitrogens is 1. The zero-order valence-corrected chi connectivity index (χ0v) is 22.2. The molecule has 3 aromatic heterocycles. The average Bonchev–Trinajstić information content (AvgIpc) is 3.57. The highest BCUT2D eigenvalue weighted by Crippen LogP contribution is 2.42. The number of benzene rings is 3. The van der Waals surface area contributed by atoms with Crippen LogP contribution in [0.25, 0.3) is 56.0 Å². The van der Waals surface area contributed by atoms with Gasteiger partial charge in [0.2, 0.25) is 0 Å². The molecule has 9 heteroatoms. The fourth-order valence-electron chi connectivity index (χ4n) is 4.93. The number of anilines is 2. The van der Waals surface area contributed by atoms with Crippen LogP contribution in [0.4, 0.5) is 15.8 Å². The highest BCUT2D eigenvalue weighted by molar-refractivity contribution is 6.13. The third kappa shape index (κ3) is 4.31. The molecule has 3 heterocycles. The van der Waals surface area contributed by atoms with Crippen LogP contribution in [-0.4, -0.2) is 41.5 Å². The quantitative estimate of drug-likeness (QED) is 0.218. The van der Waals surface area contributed by atoms with Crippen molar-refractivity contribution in [2.75, 3.05) is 31.3 Å². The lowest BCUT2D eigenvalue weighted by Gasteiger charge is -2.21. The topological polar surface area (TPSA) is 113 Å². The van der Waals surface area contributed by atoms with E-state index in [9.17, 15) is 9.18 Å². The largest absolute Gasteiger partial charge is 0.455 e. The molecule has 3 aromatic carbocycles. The van der Waals surface area contributed by atoms with Gasteiger partial charge < -0.3 is 25.4 Å². The Kier molecular flexibility index (Phi) is 6.18. The van der Waals surface area contributed by atoms with E-state index in [1.165, 1.54) is 12.1 Å². The lowest BCUT2D eigenvalue weighted by molar-refractivity contribution is 0.0964. The van der Waals surface area contributed by atoms with Crippen LogP contribution in [0.5, 0.6) is 0 Å². The lowest BCUT2D eigenvalue weighted by Crippen LogP contribution is -2.18. The number of rotatable bonds is 6. The Hall–Kier alpha value is -5.18. The number of aromatic amines is 1. The molecule has 1 amide bonds. The van der Waals surface area contributed by atoms with Gasteiger partial charge in [-0.3, -0.25) is 4.79 Å². The smallest absolute Gasteiger partial charge is 0.255 e. The van der Waals surface area contributed by atoms with Crippen molar-refractivity contribution in [1.29, 1.82) is 0 Å². The van der Waals surface area contributed by atoms with E-state index in [0.29, 0.717) is 45.0 Å². The maximum atomic E-state index is 13.7. The Morgan fingerprint density at radius 2 is 1.85 bits per heavy atom. The van der Waals surface area contributed by atoms with Crippen molar-refractivity contribution >= 4 is 39.4 Å². The molecule has 0 spiro atoms. The SMILES string of the molecule is CCN(C)c1cc2oc(-c3ccc(F)cc3)c(C(=O)NC)c2cc1-c1cc(N)cc(-c2nc3ncccc3[nH]2)c1. The molecule has 0 radical (unpaired) electrons. The Morgan fingerprint density at radius 3 is 2.58 bits per heavy atom. The van der Waals surface area contributed by atoms with Gasteiger partial charge in [0.05, 0.1) is 11.1 Å². The van der Waals surface area contributed by atoms with Gasteiger partial charge in [-0.05, 0) is 73.2 Å². The number of nitrogens with two attached hydrogens (primary N) is 1. The number of nitrogens with zero attached hydrogens (tertiary/aromatic N) is 3. The number of amides is 1. The van der Waals surface area contributed by atoms with Crippen LogP contribution in [0.1, 0.15) is 17.3 Å². The normalized spacial score (nSPS) is 11.3. The van der Waals surface area contributed by atoms with Gasteiger partial charge in [0.1, 0.15) is 23.0 Å². The fraction of sp³-hybridized carbons (Fsp3) is 0.129. The number of nitrogens with one attached hydrogen (secondary N) is 2. The van der Waals surface area contributed by atoms with Crippen molar-refractivity contribution in [3.63, 3.8) is 0 Å². The number of imidazole rings is 1. The first-order chi connectivity index (χ1) is 19.4. The molecule has 0 bridgehead atoms. The van der Waals surface area contributed by atoms with Gasteiger partial charge >= 0.3 is 0 Å².